The molecule has 148 valence electrons. The van der Waals surface area contributed by atoms with Gasteiger partial charge in [-0.3, -0.25) is 15.0 Å². The van der Waals surface area contributed by atoms with E-state index in [0.717, 1.165) is 38.7 Å². The van der Waals surface area contributed by atoms with Crippen LogP contribution in [-0.4, -0.2) is 16.2 Å². The largest absolute Gasteiger partial charge is 0.361 e. The zero-order valence-electron chi connectivity index (χ0n) is 16.8. The lowest BCUT2D eigenvalue weighted by Crippen LogP contribution is -1.91. The summed E-state index contributed by atoms with van der Waals surface area (Å²) in [5.41, 5.74) is 6.45. The third-order valence-electron chi connectivity index (χ3n) is 5.10. The molecule has 4 nitrogen and oxygen atoms in total. The molecule has 0 radical (unpaired) electrons. The van der Waals surface area contributed by atoms with E-state index in [9.17, 15) is 0 Å². The van der Waals surface area contributed by atoms with Crippen molar-refractivity contribution < 1.29 is 0 Å². The van der Waals surface area contributed by atoms with Gasteiger partial charge in [0.25, 0.3) is 0 Å². The standard InChI is InChI=1S/C14H10N2.C13H10N2/c1-2-5-11-7-8-13-12(6-4-10-15-13)14(11)16-9-3-1;1-2-8-15-13-10(4-1)6-7-12-11(13)5-3-9-14-12/h1-10H;1-9,15H. The van der Waals surface area contributed by atoms with Crippen molar-refractivity contribution in [2.75, 3.05) is 5.32 Å². The Morgan fingerprint density at radius 2 is 1.32 bits per heavy atom. The van der Waals surface area contributed by atoms with Crippen LogP contribution in [0.1, 0.15) is 11.1 Å². The van der Waals surface area contributed by atoms with Gasteiger partial charge in [-0.15, -0.1) is 0 Å². The summed E-state index contributed by atoms with van der Waals surface area (Å²) >= 11 is 0. The molecular weight excluding hydrogens is 380 g/mol. The second-order valence-electron chi connectivity index (χ2n) is 7.06. The summed E-state index contributed by atoms with van der Waals surface area (Å²) in [6, 6.07) is 16.3. The molecule has 4 heterocycles. The first-order chi connectivity index (χ1) is 15.4. The molecule has 0 aliphatic carbocycles. The zero-order valence-corrected chi connectivity index (χ0v) is 16.8. The van der Waals surface area contributed by atoms with E-state index >= 15 is 0 Å². The molecule has 0 unspecified atom stereocenters. The highest BCUT2D eigenvalue weighted by Gasteiger charge is 2.06. The van der Waals surface area contributed by atoms with Gasteiger partial charge in [0, 0.05) is 41.1 Å². The number of hydrogen-bond acceptors (Lipinski definition) is 4. The number of hydrogen-bond donors (Lipinski definition) is 1. The van der Waals surface area contributed by atoms with Crippen LogP contribution in [0.25, 0.3) is 34.0 Å². The van der Waals surface area contributed by atoms with E-state index in [1.165, 1.54) is 5.56 Å². The third kappa shape index (κ3) is 3.91. The average molecular weight is 400 g/mol. The number of allylic oxidation sites excluding steroid dienone is 5. The molecule has 0 fully saturated rings. The molecule has 0 amide bonds. The van der Waals surface area contributed by atoms with E-state index in [0.29, 0.717) is 0 Å². The molecule has 6 rings (SSSR count). The van der Waals surface area contributed by atoms with Crippen LogP contribution in [0.5, 0.6) is 0 Å². The highest BCUT2D eigenvalue weighted by molar-refractivity contribution is 5.97. The number of anilines is 1. The lowest BCUT2D eigenvalue weighted by molar-refractivity contribution is 1.40. The molecule has 0 bridgehead atoms. The van der Waals surface area contributed by atoms with E-state index in [2.05, 4.69) is 56.7 Å². The predicted octanol–water partition coefficient (Wildman–Crippen LogP) is 6.71. The monoisotopic (exact) mass is 400 g/mol. The van der Waals surface area contributed by atoms with E-state index in [1.54, 1.807) is 6.20 Å². The lowest BCUT2D eigenvalue weighted by Gasteiger charge is -2.08. The second-order valence-corrected chi connectivity index (χ2v) is 7.06. The predicted molar refractivity (Wildman–Crippen MR) is 132 cm³/mol. The fraction of sp³-hybridized carbons (Fsp3) is 0. The number of rotatable bonds is 0. The van der Waals surface area contributed by atoms with Gasteiger partial charge >= 0.3 is 0 Å². The maximum atomic E-state index is 4.47. The summed E-state index contributed by atoms with van der Waals surface area (Å²) in [6.07, 6.45) is 21.5. The summed E-state index contributed by atoms with van der Waals surface area (Å²) in [4.78, 5) is 13.1. The molecule has 0 saturated heterocycles. The molecule has 0 spiro atoms. The fourth-order valence-electron chi connectivity index (χ4n) is 3.64. The van der Waals surface area contributed by atoms with Crippen molar-refractivity contribution in [2.45, 2.75) is 0 Å². The van der Waals surface area contributed by atoms with Gasteiger partial charge in [0.05, 0.1) is 22.4 Å². The van der Waals surface area contributed by atoms with E-state index in [-0.39, 0.29) is 0 Å². The van der Waals surface area contributed by atoms with Crippen molar-refractivity contribution in [2.24, 2.45) is 4.99 Å². The van der Waals surface area contributed by atoms with Crippen molar-refractivity contribution in [3.05, 3.63) is 109 Å². The minimum Gasteiger partial charge on any atom is -0.361 e. The smallest absolute Gasteiger partial charge is 0.0795 e. The van der Waals surface area contributed by atoms with E-state index < -0.39 is 0 Å². The number of aliphatic imine (C=N–C) groups is 1. The Morgan fingerprint density at radius 1 is 0.613 bits per heavy atom. The molecule has 0 saturated carbocycles. The SMILES string of the molecule is C1=CC=Nc2c(ccc3ncccc23)C=C1.C1=CNc2c(ccc3ncccc23)C=C1. The number of aromatic nitrogens is 2. The Hall–Kier alpha value is -4.31. The first-order valence-electron chi connectivity index (χ1n) is 10.1. The maximum Gasteiger partial charge on any atom is 0.0795 e. The van der Waals surface area contributed by atoms with E-state index in [4.69, 9.17) is 0 Å². The molecular formula is C27H20N4. The van der Waals surface area contributed by atoms with Crippen LogP contribution in [0.4, 0.5) is 11.4 Å². The lowest BCUT2D eigenvalue weighted by atomic mass is 10.1. The van der Waals surface area contributed by atoms with E-state index in [1.807, 2.05) is 73.3 Å². The van der Waals surface area contributed by atoms with Gasteiger partial charge < -0.3 is 5.32 Å². The van der Waals surface area contributed by atoms with Gasteiger partial charge in [-0.25, -0.2) is 0 Å². The number of benzene rings is 2. The Morgan fingerprint density at radius 3 is 2.19 bits per heavy atom. The van der Waals surface area contributed by atoms with Crippen molar-refractivity contribution in [1.29, 1.82) is 0 Å². The number of nitrogens with one attached hydrogen (secondary N) is 1. The third-order valence-corrected chi connectivity index (χ3v) is 5.10. The Balaban J connectivity index is 0.000000132. The minimum atomic E-state index is 0.983. The molecule has 4 heteroatoms. The van der Waals surface area contributed by atoms with Gasteiger partial charge in [-0.05, 0) is 54.1 Å². The van der Waals surface area contributed by atoms with Crippen molar-refractivity contribution in [3.8, 4) is 0 Å². The Bertz CT molecular complexity index is 1410. The number of nitrogens with zero attached hydrogens (tertiary/aromatic N) is 3. The quantitative estimate of drug-likeness (QED) is 0.357. The summed E-state index contributed by atoms with van der Waals surface area (Å²) < 4.78 is 0. The number of pyridine rings is 2. The van der Waals surface area contributed by atoms with Gasteiger partial charge in [0.2, 0.25) is 0 Å². The Kier molecular flexibility index (Phi) is 5.18. The van der Waals surface area contributed by atoms with Crippen LogP contribution in [0.3, 0.4) is 0 Å². The second kappa shape index (κ2) is 8.59. The zero-order chi connectivity index (χ0) is 20.9. The highest BCUT2D eigenvalue weighted by Crippen LogP contribution is 2.30. The summed E-state index contributed by atoms with van der Waals surface area (Å²) in [6.45, 7) is 0. The molecule has 2 aliphatic rings. The van der Waals surface area contributed by atoms with Crippen LogP contribution >= 0.6 is 0 Å². The maximum absolute atomic E-state index is 4.47. The first-order valence-corrected chi connectivity index (χ1v) is 10.1. The normalized spacial score (nSPS) is 13.4. The van der Waals surface area contributed by atoms with Crippen LogP contribution in [0, 0.1) is 0 Å². The van der Waals surface area contributed by atoms with Crippen LogP contribution in [0.15, 0.2) is 102 Å². The summed E-state index contributed by atoms with van der Waals surface area (Å²) in [7, 11) is 0. The molecule has 31 heavy (non-hydrogen) atoms. The highest BCUT2D eigenvalue weighted by atomic mass is 14.9. The summed E-state index contributed by atoms with van der Waals surface area (Å²) in [5.74, 6) is 0. The average Bonchev–Trinajstić information content (AvgIpc) is 3.06. The van der Waals surface area contributed by atoms with Crippen LogP contribution in [0.2, 0.25) is 0 Å². The molecule has 2 aromatic heterocycles. The molecule has 1 N–H and O–H groups in total. The van der Waals surface area contributed by atoms with Crippen molar-refractivity contribution >= 4 is 51.5 Å². The molecule has 2 aliphatic heterocycles. The van der Waals surface area contributed by atoms with Crippen LogP contribution < -0.4 is 5.32 Å². The Labute approximate surface area is 180 Å². The topological polar surface area (TPSA) is 50.2 Å². The fourth-order valence-corrected chi connectivity index (χ4v) is 3.64. The molecule has 2 aromatic carbocycles. The van der Waals surface area contributed by atoms with Crippen molar-refractivity contribution in [1.82, 2.24) is 9.97 Å². The summed E-state index contributed by atoms with van der Waals surface area (Å²) in [5, 5.41) is 5.54. The van der Waals surface area contributed by atoms with Gasteiger partial charge in [-0.2, -0.15) is 0 Å². The van der Waals surface area contributed by atoms with Gasteiger partial charge in [0.15, 0.2) is 0 Å². The van der Waals surface area contributed by atoms with Gasteiger partial charge in [-0.1, -0.05) is 42.5 Å². The molecule has 0 atom stereocenters. The van der Waals surface area contributed by atoms with Crippen molar-refractivity contribution in [3.63, 3.8) is 0 Å². The first kappa shape index (κ1) is 18.7. The van der Waals surface area contributed by atoms with Gasteiger partial charge in [0.1, 0.15) is 0 Å². The van der Waals surface area contributed by atoms with Crippen LogP contribution in [-0.2, 0) is 0 Å². The molecule has 4 aromatic rings. The number of fused-ring (bicyclic) bond motifs is 6. The minimum absolute atomic E-state index is 0.983.